The Morgan fingerprint density at radius 2 is 1.94 bits per heavy atom. The van der Waals surface area contributed by atoms with Gasteiger partial charge in [-0.3, -0.25) is 0 Å². The van der Waals surface area contributed by atoms with Crippen LogP contribution in [0.2, 0.25) is 0 Å². The quantitative estimate of drug-likeness (QED) is 0.743. The Balaban J connectivity index is 2.25. The van der Waals surface area contributed by atoms with Gasteiger partial charge in [0.2, 0.25) is 5.88 Å². The standard InChI is InChI=1S/C14H13BrClNO/c1-2-12-7-10(9-16)8-14(17-12)18-13-5-3-11(15)4-6-13/h3-8H,2,9H2,1H3. The third kappa shape index (κ3) is 3.47. The van der Waals surface area contributed by atoms with Crippen molar-refractivity contribution in [3.05, 3.63) is 52.1 Å². The highest BCUT2D eigenvalue weighted by Crippen LogP contribution is 2.23. The minimum absolute atomic E-state index is 0.465. The molecule has 2 aromatic rings. The van der Waals surface area contributed by atoms with Gasteiger partial charge in [-0.15, -0.1) is 11.6 Å². The summed E-state index contributed by atoms with van der Waals surface area (Å²) in [6.07, 6.45) is 0.863. The van der Waals surface area contributed by atoms with Crippen molar-refractivity contribution in [1.82, 2.24) is 4.98 Å². The van der Waals surface area contributed by atoms with Crippen molar-refractivity contribution in [2.24, 2.45) is 0 Å². The number of alkyl halides is 1. The first kappa shape index (κ1) is 13.4. The molecular weight excluding hydrogens is 314 g/mol. The highest BCUT2D eigenvalue weighted by Gasteiger charge is 2.04. The van der Waals surface area contributed by atoms with Gasteiger partial charge in [0.05, 0.1) is 0 Å². The summed E-state index contributed by atoms with van der Waals surface area (Å²) in [7, 11) is 0. The van der Waals surface area contributed by atoms with Crippen LogP contribution < -0.4 is 4.74 Å². The van der Waals surface area contributed by atoms with Crippen molar-refractivity contribution in [1.29, 1.82) is 0 Å². The molecule has 0 N–H and O–H groups in total. The van der Waals surface area contributed by atoms with E-state index in [1.807, 2.05) is 36.4 Å². The Morgan fingerprint density at radius 3 is 2.56 bits per heavy atom. The lowest BCUT2D eigenvalue weighted by Crippen LogP contribution is -1.94. The molecule has 0 radical (unpaired) electrons. The van der Waals surface area contributed by atoms with Gasteiger partial charge in [0, 0.05) is 22.1 Å². The van der Waals surface area contributed by atoms with Crippen molar-refractivity contribution in [3.8, 4) is 11.6 Å². The summed E-state index contributed by atoms with van der Waals surface area (Å²) in [6, 6.07) is 11.5. The zero-order valence-electron chi connectivity index (χ0n) is 9.99. The summed E-state index contributed by atoms with van der Waals surface area (Å²) in [5.74, 6) is 1.82. The van der Waals surface area contributed by atoms with Crippen LogP contribution in [-0.4, -0.2) is 4.98 Å². The Labute approximate surface area is 120 Å². The smallest absolute Gasteiger partial charge is 0.219 e. The van der Waals surface area contributed by atoms with Crippen LogP contribution in [0.3, 0.4) is 0 Å². The minimum Gasteiger partial charge on any atom is -0.439 e. The molecule has 0 spiro atoms. The normalized spacial score (nSPS) is 10.4. The van der Waals surface area contributed by atoms with E-state index in [0.717, 1.165) is 27.9 Å². The summed E-state index contributed by atoms with van der Waals surface area (Å²) in [5, 5.41) is 0. The lowest BCUT2D eigenvalue weighted by Gasteiger charge is -2.08. The van der Waals surface area contributed by atoms with E-state index >= 15 is 0 Å². The molecule has 0 saturated carbocycles. The molecule has 0 bridgehead atoms. The molecular formula is C14H13BrClNO. The molecule has 1 heterocycles. The molecule has 2 rings (SSSR count). The minimum atomic E-state index is 0.465. The van der Waals surface area contributed by atoms with Crippen LogP contribution in [-0.2, 0) is 12.3 Å². The third-order valence-corrected chi connectivity index (χ3v) is 3.30. The number of benzene rings is 1. The Hall–Kier alpha value is -1.06. The van der Waals surface area contributed by atoms with E-state index in [1.54, 1.807) is 0 Å². The van der Waals surface area contributed by atoms with Crippen LogP contribution >= 0.6 is 27.5 Å². The van der Waals surface area contributed by atoms with E-state index in [9.17, 15) is 0 Å². The van der Waals surface area contributed by atoms with E-state index in [-0.39, 0.29) is 0 Å². The Morgan fingerprint density at radius 1 is 1.22 bits per heavy atom. The monoisotopic (exact) mass is 325 g/mol. The molecule has 0 fully saturated rings. The molecule has 1 aromatic heterocycles. The van der Waals surface area contributed by atoms with E-state index in [1.165, 1.54) is 0 Å². The van der Waals surface area contributed by atoms with Crippen molar-refractivity contribution in [2.45, 2.75) is 19.2 Å². The second kappa shape index (κ2) is 6.21. The van der Waals surface area contributed by atoms with Gasteiger partial charge >= 0.3 is 0 Å². The number of rotatable bonds is 4. The molecule has 94 valence electrons. The Kier molecular flexibility index (Phi) is 4.61. The fraction of sp³-hybridized carbons (Fsp3) is 0.214. The fourth-order valence-corrected chi connectivity index (χ4v) is 1.97. The third-order valence-electron chi connectivity index (χ3n) is 2.47. The van der Waals surface area contributed by atoms with E-state index in [0.29, 0.717) is 11.8 Å². The van der Waals surface area contributed by atoms with Crippen molar-refractivity contribution in [2.75, 3.05) is 0 Å². The molecule has 0 aliphatic heterocycles. The van der Waals surface area contributed by atoms with Crippen molar-refractivity contribution >= 4 is 27.5 Å². The van der Waals surface area contributed by atoms with Crippen molar-refractivity contribution in [3.63, 3.8) is 0 Å². The summed E-state index contributed by atoms with van der Waals surface area (Å²) < 4.78 is 6.75. The highest BCUT2D eigenvalue weighted by molar-refractivity contribution is 9.10. The fourth-order valence-electron chi connectivity index (χ4n) is 1.55. The zero-order valence-corrected chi connectivity index (χ0v) is 12.3. The molecule has 4 heteroatoms. The number of pyridine rings is 1. The van der Waals surface area contributed by atoms with Gasteiger partial charge in [-0.25, -0.2) is 4.98 Å². The molecule has 0 atom stereocenters. The maximum absolute atomic E-state index is 5.86. The summed E-state index contributed by atoms with van der Waals surface area (Å²) in [5.41, 5.74) is 2.01. The average molecular weight is 327 g/mol. The highest BCUT2D eigenvalue weighted by atomic mass is 79.9. The predicted molar refractivity (Wildman–Crippen MR) is 77.4 cm³/mol. The maximum Gasteiger partial charge on any atom is 0.219 e. The SMILES string of the molecule is CCc1cc(CCl)cc(Oc2ccc(Br)cc2)n1. The second-order valence-corrected chi connectivity index (χ2v) is 5.03. The first-order chi connectivity index (χ1) is 8.71. The van der Waals surface area contributed by atoms with E-state index in [4.69, 9.17) is 16.3 Å². The Bertz CT molecular complexity index is 506. The van der Waals surface area contributed by atoms with Gasteiger partial charge < -0.3 is 4.74 Å². The van der Waals surface area contributed by atoms with Crippen LogP contribution in [0.5, 0.6) is 11.6 Å². The number of nitrogens with zero attached hydrogens (tertiary/aromatic N) is 1. The van der Waals surface area contributed by atoms with Crippen LogP contribution in [0, 0.1) is 0 Å². The molecule has 0 aliphatic carbocycles. The topological polar surface area (TPSA) is 22.1 Å². The maximum atomic E-state index is 5.86. The van der Waals surface area contributed by atoms with Gasteiger partial charge in [0.25, 0.3) is 0 Å². The molecule has 0 saturated heterocycles. The average Bonchev–Trinajstić information content (AvgIpc) is 2.41. The second-order valence-electron chi connectivity index (χ2n) is 3.85. The summed E-state index contributed by atoms with van der Waals surface area (Å²) in [4.78, 5) is 4.42. The lowest BCUT2D eigenvalue weighted by molar-refractivity contribution is 0.460. The van der Waals surface area contributed by atoms with Gasteiger partial charge in [-0.1, -0.05) is 22.9 Å². The predicted octanol–water partition coefficient (Wildman–Crippen LogP) is 4.94. The largest absolute Gasteiger partial charge is 0.439 e. The van der Waals surface area contributed by atoms with E-state index in [2.05, 4.69) is 27.8 Å². The number of hydrogen-bond donors (Lipinski definition) is 0. The van der Waals surface area contributed by atoms with Gasteiger partial charge in [-0.2, -0.15) is 0 Å². The molecule has 0 aliphatic rings. The number of hydrogen-bond acceptors (Lipinski definition) is 2. The molecule has 0 unspecified atom stereocenters. The van der Waals surface area contributed by atoms with Crippen LogP contribution in [0.4, 0.5) is 0 Å². The number of ether oxygens (including phenoxy) is 1. The first-order valence-corrected chi connectivity index (χ1v) is 7.03. The van der Waals surface area contributed by atoms with Gasteiger partial charge in [-0.05, 0) is 42.3 Å². The molecule has 0 amide bonds. The molecule has 18 heavy (non-hydrogen) atoms. The zero-order chi connectivity index (χ0) is 13.0. The summed E-state index contributed by atoms with van der Waals surface area (Å²) >= 11 is 9.25. The molecule has 2 nitrogen and oxygen atoms in total. The first-order valence-electron chi connectivity index (χ1n) is 5.70. The van der Waals surface area contributed by atoms with Crippen LogP contribution in [0.25, 0.3) is 0 Å². The molecule has 1 aromatic carbocycles. The lowest BCUT2D eigenvalue weighted by atomic mass is 10.2. The number of aryl methyl sites for hydroxylation is 1. The van der Waals surface area contributed by atoms with Crippen molar-refractivity contribution < 1.29 is 4.74 Å². The van der Waals surface area contributed by atoms with Crippen LogP contribution in [0.1, 0.15) is 18.2 Å². The summed E-state index contributed by atoms with van der Waals surface area (Å²) in [6.45, 7) is 2.06. The number of halogens is 2. The number of aromatic nitrogens is 1. The van der Waals surface area contributed by atoms with Gasteiger partial charge in [0.1, 0.15) is 5.75 Å². The van der Waals surface area contributed by atoms with Crippen LogP contribution in [0.15, 0.2) is 40.9 Å². The van der Waals surface area contributed by atoms with E-state index < -0.39 is 0 Å². The van der Waals surface area contributed by atoms with Gasteiger partial charge in [0.15, 0.2) is 0 Å².